The van der Waals surface area contributed by atoms with Gasteiger partial charge in [-0.1, -0.05) is 24.3 Å². The van der Waals surface area contributed by atoms with Crippen LogP contribution in [0.3, 0.4) is 0 Å². The number of aliphatic hydroxyl groups excluding tert-OH is 1. The van der Waals surface area contributed by atoms with Gasteiger partial charge < -0.3 is 10.4 Å². The molecular weight excluding hydrogens is 241 g/mol. The first-order valence-corrected chi connectivity index (χ1v) is 6.34. The second kappa shape index (κ2) is 5.85. The highest BCUT2D eigenvalue weighted by Gasteiger charge is 2.07. The van der Waals surface area contributed by atoms with Crippen LogP contribution in [0.25, 0.3) is 0 Å². The van der Waals surface area contributed by atoms with Crippen LogP contribution in [0.4, 0.5) is 10.1 Å². The van der Waals surface area contributed by atoms with Gasteiger partial charge in [-0.3, -0.25) is 0 Å². The molecule has 2 nitrogen and oxygen atoms in total. The van der Waals surface area contributed by atoms with Crippen LogP contribution in [0.5, 0.6) is 0 Å². The number of halogens is 1. The van der Waals surface area contributed by atoms with Crippen LogP contribution >= 0.6 is 0 Å². The topological polar surface area (TPSA) is 32.3 Å². The number of rotatable bonds is 4. The molecule has 0 radical (unpaired) electrons. The summed E-state index contributed by atoms with van der Waals surface area (Å²) in [6.07, 6.45) is -0.516. The fourth-order valence-electron chi connectivity index (χ4n) is 2.07. The van der Waals surface area contributed by atoms with E-state index >= 15 is 0 Å². The Balaban J connectivity index is 2.14. The molecule has 19 heavy (non-hydrogen) atoms. The lowest BCUT2D eigenvalue weighted by molar-refractivity contribution is 0.200. The van der Waals surface area contributed by atoms with Crippen molar-refractivity contribution in [2.75, 3.05) is 5.32 Å². The molecule has 0 fully saturated rings. The van der Waals surface area contributed by atoms with Crippen molar-refractivity contribution in [3.05, 3.63) is 65.0 Å². The van der Waals surface area contributed by atoms with Crippen LogP contribution < -0.4 is 5.32 Å². The highest BCUT2D eigenvalue weighted by Crippen LogP contribution is 2.23. The number of para-hydroxylation sites is 1. The lowest BCUT2D eigenvalue weighted by Gasteiger charge is -2.14. The Hall–Kier alpha value is -1.87. The maximum atomic E-state index is 13.0. The summed E-state index contributed by atoms with van der Waals surface area (Å²) in [5.74, 6) is -0.217. The van der Waals surface area contributed by atoms with E-state index in [1.807, 2.05) is 31.2 Å². The summed E-state index contributed by atoms with van der Waals surface area (Å²) >= 11 is 0. The van der Waals surface area contributed by atoms with Gasteiger partial charge >= 0.3 is 0 Å². The SMILES string of the molecule is Cc1cc(F)ccc1CNc1ccccc1C(C)O. The molecule has 0 aliphatic heterocycles. The monoisotopic (exact) mass is 259 g/mol. The average Bonchev–Trinajstić information content (AvgIpc) is 2.38. The highest BCUT2D eigenvalue weighted by molar-refractivity contribution is 5.52. The van der Waals surface area contributed by atoms with Gasteiger partial charge in [0.1, 0.15) is 5.82 Å². The fourth-order valence-corrected chi connectivity index (χ4v) is 2.07. The summed E-state index contributed by atoms with van der Waals surface area (Å²) in [5, 5.41) is 13.0. The van der Waals surface area contributed by atoms with Crippen LogP contribution in [-0.2, 0) is 6.54 Å². The quantitative estimate of drug-likeness (QED) is 0.875. The van der Waals surface area contributed by atoms with Gasteiger partial charge in [0.05, 0.1) is 6.10 Å². The number of aliphatic hydroxyl groups is 1. The molecule has 0 heterocycles. The van der Waals surface area contributed by atoms with Gasteiger partial charge in [0.25, 0.3) is 0 Å². The van der Waals surface area contributed by atoms with Crippen LogP contribution in [0, 0.1) is 12.7 Å². The zero-order valence-electron chi connectivity index (χ0n) is 11.2. The van der Waals surface area contributed by atoms with Crippen molar-refractivity contribution in [2.24, 2.45) is 0 Å². The van der Waals surface area contributed by atoms with Crippen LogP contribution in [0.15, 0.2) is 42.5 Å². The first-order valence-electron chi connectivity index (χ1n) is 6.34. The molecule has 2 rings (SSSR count). The largest absolute Gasteiger partial charge is 0.389 e. The second-order valence-corrected chi connectivity index (χ2v) is 4.69. The number of aryl methyl sites for hydroxylation is 1. The molecule has 0 aliphatic rings. The molecule has 0 amide bonds. The third-order valence-corrected chi connectivity index (χ3v) is 3.18. The summed E-state index contributed by atoms with van der Waals surface area (Å²) in [5.41, 5.74) is 3.73. The predicted molar refractivity (Wildman–Crippen MR) is 75.5 cm³/mol. The highest BCUT2D eigenvalue weighted by atomic mass is 19.1. The van der Waals surface area contributed by atoms with E-state index in [0.717, 1.165) is 22.4 Å². The maximum Gasteiger partial charge on any atom is 0.123 e. The normalized spacial score (nSPS) is 12.2. The Kier molecular flexibility index (Phi) is 4.17. The molecule has 100 valence electrons. The van der Waals surface area contributed by atoms with E-state index in [9.17, 15) is 9.50 Å². The summed E-state index contributed by atoms with van der Waals surface area (Å²) in [4.78, 5) is 0. The van der Waals surface area contributed by atoms with Gasteiger partial charge in [-0.2, -0.15) is 0 Å². The van der Waals surface area contributed by atoms with Gasteiger partial charge in [0.2, 0.25) is 0 Å². The molecule has 1 unspecified atom stereocenters. The molecule has 1 atom stereocenters. The van der Waals surface area contributed by atoms with Crippen molar-refractivity contribution in [3.8, 4) is 0 Å². The van der Waals surface area contributed by atoms with Gasteiger partial charge in [0.15, 0.2) is 0 Å². The van der Waals surface area contributed by atoms with E-state index in [2.05, 4.69) is 5.32 Å². The Morgan fingerprint density at radius 2 is 1.95 bits per heavy atom. The van der Waals surface area contributed by atoms with Crippen molar-refractivity contribution in [2.45, 2.75) is 26.5 Å². The first kappa shape index (κ1) is 13.6. The van der Waals surface area contributed by atoms with Crippen molar-refractivity contribution in [1.29, 1.82) is 0 Å². The molecule has 2 N–H and O–H groups in total. The summed E-state index contributed by atoms with van der Waals surface area (Å²) in [6, 6.07) is 12.4. The number of hydrogen-bond donors (Lipinski definition) is 2. The van der Waals surface area contributed by atoms with E-state index in [1.165, 1.54) is 12.1 Å². The van der Waals surface area contributed by atoms with E-state index in [4.69, 9.17) is 0 Å². The number of benzene rings is 2. The van der Waals surface area contributed by atoms with Gasteiger partial charge in [-0.05, 0) is 43.2 Å². The van der Waals surface area contributed by atoms with E-state index in [-0.39, 0.29) is 5.82 Å². The number of nitrogens with one attached hydrogen (secondary N) is 1. The Morgan fingerprint density at radius 3 is 2.63 bits per heavy atom. The van der Waals surface area contributed by atoms with E-state index in [1.54, 1.807) is 13.0 Å². The van der Waals surface area contributed by atoms with Crippen LogP contribution in [0.1, 0.15) is 29.7 Å². The molecule has 3 heteroatoms. The average molecular weight is 259 g/mol. The predicted octanol–water partition coefficient (Wildman–Crippen LogP) is 3.80. The maximum absolute atomic E-state index is 13.0. The smallest absolute Gasteiger partial charge is 0.123 e. The van der Waals surface area contributed by atoms with E-state index < -0.39 is 6.10 Å². The molecule has 2 aromatic carbocycles. The third-order valence-electron chi connectivity index (χ3n) is 3.18. The Labute approximate surface area is 112 Å². The van der Waals surface area contributed by atoms with Crippen molar-refractivity contribution in [3.63, 3.8) is 0 Å². The zero-order chi connectivity index (χ0) is 13.8. The summed E-state index contributed by atoms with van der Waals surface area (Å²) in [7, 11) is 0. The first-order chi connectivity index (χ1) is 9.08. The van der Waals surface area contributed by atoms with Crippen molar-refractivity contribution in [1.82, 2.24) is 0 Å². The number of anilines is 1. The fraction of sp³-hybridized carbons (Fsp3) is 0.250. The molecule has 0 spiro atoms. The molecular formula is C16H18FNO. The van der Waals surface area contributed by atoms with Crippen molar-refractivity contribution >= 4 is 5.69 Å². The second-order valence-electron chi connectivity index (χ2n) is 4.69. The molecule has 2 aromatic rings. The number of hydrogen-bond acceptors (Lipinski definition) is 2. The van der Waals surface area contributed by atoms with Crippen LogP contribution in [-0.4, -0.2) is 5.11 Å². The molecule has 0 saturated heterocycles. The minimum atomic E-state index is -0.516. The minimum absolute atomic E-state index is 0.217. The van der Waals surface area contributed by atoms with E-state index in [0.29, 0.717) is 6.54 Å². The summed E-state index contributed by atoms with van der Waals surface area (Å²) in [6.45, 7) is 4.24. The lowest BCUT2D eigenvalue weighted by Crippen LogP contribution is -2.05. The standard InChI is InChI=1S/C16H18FNO/c1-11-9-14(17)8-7-13(11)10-18-16-6-4-3-5-15(16)12(2)19/h3-9,12,18-19H,10H2,1-2H3. The van der Waals surface area contributed by atoms with Crippen molar-refractivity contribution < 1.29 is 9.50 Å². The van der Waals surface area contributed by atoms with Gasteiger partial charge in [-0.25, -0.2) is 4.39 Å². The molecule has 0 bridgehead atoms. The Bertz CT molecular complexity index is 566. The lowest BCUT2D eigenvalue weighted by atomic mass is 10.1. The summed E-state index contributed by atoms with van der Waals surface area (Å²) < 4.78 is 13.0. The van der Waals surface area contributed by atoms with Gasteiger partial charge in [-0.15, -0.1) is 0 Å². The third kappa shape index (κ3) is 3.32. The molecule has 0 aliphatic carbocycles. The zero-order valence-corrected chi connectivity index (χ0v) is 11.2. The molecule has 0 saturated carbocycles. The molecule has 0 aromatic heterocycles. The minimum Gasteiger partial charge on any atom is -0.389 e. The van der Waals surface area contributed by atoms with Gasteiger partial charge in [0, 0.05) is 17.8 Å². The Morgan fingerprint density at radius 1 is 1.21 bits per heavy atom. The van der Waals surface area contributed by atoms with Crippen LogP contribution in [0.2, 0.25) is 0 Å².